The van der Waals surface area contributed by atoms with Crippen molar-refractivity contribution in [2.45, 2.75) is 39.3 Å². The van der Waals surface area contributed by atoms with Crippen molar-refractivity contribution >= 4 is 33.2 Å². The maximum atomic E-state index is 4.90. The van der Waals surface area contributed by atoms with Crippen molar-refractivity contribution in [3.05, 3.63) is 65.2 Å². The fourth-order valence-electron chi connectivity index (χ4n) is 4.40. The van der Waals surface area contributed by atoms with Gasteiger partial charge in [0.15, 0.2) is 5.13 Å². The first-order valence-corrected chi connectivity index (χ1v) is 11.4. The lowest BCUT2D eigenvalue weighted by molar-refractivity contribution is 0.313. The first-order chi connectivity index (χ1) is 14.7. The van der Waals surface area contributed by atoms with Gasteiger partial charge in [-0.3, -0.25) is 9.88 Å². The lowest BCUT2D eigenvalue weighted by atomic mass is 10.0. The van der Waals surface area contributed by atoms with E-state index in [9.17, 15) is 0 Å². The minimum absolute atomic E-state index is 0.446. The number of aromatic nitrogens is 4. The zero-order valence-corrected chi connectivity index (χ0v) is 18.2. The van der Waals surface area contributed by atoms with Gasteiger partial charge in [0.25, 0.3) is 0 Å². The fourth-order valence-corrected chi connectivity index (χ4v) is 4.95. The maximum Gasteiger partial charge on any atom is 0.187 e. The Hall–Kier alpha value is -2.77. The first kappa shape index (κ1) is 19.2. The Bertz CT molecular complexity index is 1150. The van der Waals surface area contributed by atoms with Gasteiger partial charge >= 0.3 is 0 Å². The van der Waals surface area contributed by atoms with E-state index in [4.69, 9.17) is 9.97 Å². The number of hydrogen-bond donors (Lipinski definition) is 1. The third-order valence-electron chi connectivity index (χ3n) is 5.76. The molecular formula is C23H26N6S. The van der Waals surface area contributed by atoms with Crippen LogP contribution in [0, 0.1) is 6.92 Å². The highest BCUT2D eigenvalue weighted by atomic mass is 32.1. The molecule has 4 heterocycles. The lowest BCUT2D eigenvalue weighted by Gasteiger charge is -2.17. The van der Waals surface area contributed by atoms with Crippen molar-refractivity contribution in [1.29, 1.82) is 0 Å². The maximum absolute atomic E-state index is 4.90. The highest BCUT2D eigenvalue weighted by Gasteiger charge is 2.26. The number of nitrogens with one attached hydrogen (secondary N) is 1. The minimum Gasteiger partial charge on any atom is -0.331 e. The molecule has 1 fully saturated rings. The summed E-state index contributed by atoms with van der Waals surface area (Å²) in [4.78, 5) is 16.6. The second-order valence-corrected chi connectivity index (χ2v) is 8.76. The van der Waals surface area contributed by atoms with E-state index in [1.165, 1.54) is 11.2 Å². The molecule has 0 saturated carbocycles. The van der Waals surface area contributed by atoms with Gasteiger partial charge in [-0.1, -0.05) is 12.1 Å². The number of imidazole rings is 1. The third-order valence-corrected chi connectivity index (χ3v) is 6.45. The van der Waals surface area contributed by atoms with Crippen LogP contribution in [0.25, 0.3) is 11.0 Å². The minimum atomic E-state index is 0.446. The van der Waals surface area contributed by atoms with Gasteiger partial charge in [-0.05, 0) is 51.1 Å². The quantitative estimate of drug-likeness (QED) is 0.480. The molecule has 0 spiro atoms. The first-order valence-electron chi connectivity index (χ1n) is 10.5. The van der Waals surface area contributed by atoms with Crippen LogP contribution in [0.2, 0.25) is 0 Å². The van der Waals surface area contributed by atoms with E-state index >= 15 is 0 Å². The molecule has 3 aromatic heterocycles. The molecule has 0 unspecified atom stereocenters. The zero-order valence-electron chi connectivity index (χ0n) is 17.4. The number of benzene rings is 1. The normalized spacial score (nSPS) is 17.1. The van der Waals surface area contributed by atoms with Crippen LogP contribution in [0.15, 0.2) is 48.0 Å². The summed E-state index contributed by atoms with van der Waals surface area (Å²) >= 11 is 1.61. The van der Waals surface area contributed by atoms with Crippen LogP contribution in [0.1, 0.15) is 36.5 Å². The molecule has 6 nitrogen and oxygen atoms in total. The van der Waals surface area contributed by atoms with Crippen LogP contribution in [0.5, 0.6) is 0 Å². The van der Waals surface area contributed by atoms with Gasteiger partial charge in [-0.25, -0.2) is 9.97 Å². The van der Waals surface area contributed by atoms with Gasteiger partial charge in [0.1, 0.15) is 5.82 Å². The van der Waals surface area contributed by atoms with E-state index in [2.05, 4.69) is 70.0 Å². The summed E-state index contributed by atoms with van der Waals surface area (Å²) in [5, 5.41) is 6.31. The Kier molecular flexibility index (Phi) is 5.23. The Balaban J connectivity index is 1.32. The molecule has 0 amide bonds. The van der Waals surface area contributed by atoms with Gasteiger partial charge < -0.3 is 9.88 Å². The third kappa shape index (κ3) is 3.82. The molecule has 154 valence electrons. The van der Waals surface area contributed by atoms with Crippen molar-refractivity contribution in [1.82, 2.24) is 24.4 Å². The SMILES string of the molecule is CCn1c(CN2CC[C@@H](c3cc(Nc4nccs4)cc(C)n3)C2)nc2ccccc21. The number of rotatable bonds is 6. The van der Waals surface area contributed by atoms with E-state index in [0.717, 1.165) is 60.5 Å². The number of hydrogen-bond acceptors (Lipinski definition) is 6. The highest BCUT2D eigenvalue weighted by molar-refractivity contribution is 7.13. The number of thiazole rings is 1. The topological polar surface area (TPSA) is 58.9 Å². The molecule has 1 saturated heterocycles. The van der Waals surface area contributed by atoms with Crippen LogP contribution >= 0.6 is 11.3 Å². The smallest absolute Gasteiger partial charge is 0.187 e. The zero-order chi connectivity index (χ0) is 20.5. The van der Waals surface area contributed by atoms with E-state index in [1.807, 2.05) is 11.6 Å². The molecule has 1 aliphatic heterocycles. The largest absolute Gasteiger partial charge is 0.331 e. The van der Waals surface area contributed by atoms with Gasteiger partial charge in [0.05, 0.1) is 17.6 Å². The second kappa shape index (κ2) is 8.16. The van der Waals surface area contributed by atoms with Crippen LogP contribution in [-0.4, -0.2) is 37.5 Å². The van der Waals surface area contributed by atoms with E-state index in [-0.39, 0.29) is 0 Å². The van der Waals surface area contributed by atoms with Crippen LogP contribution in [0.3, 0.4) is 0 Å². The Morgan fingerprint density at radius 2 is 2.10 bits per heavy atom. The van der Waals surface area contributed by atoms with Crippen molar-refractivity contribution in [3.63, 3.8) is 0 Å². The Labute approximate surface area is 180 Å². The number of nitrogens with zero attached hydrogens (tertiary/aromatic N) is 5. The van der Waals surface area contributed by atoms with Crippen molar-refractivity contribution in [3.8, 4) is 0 Å². The van der Waals surface area contributed by atoms with Gasteiger partial charge in [0.2, 0.25) is 0 Å². The predicted octanol–water partition coefficient (Wildman–Crippen LogP) is 4.95. The molecule has 0 aliphatic carbocycles. The number of anilines is 2. The summed E-state index contributed by atoms with van der Waals surface area (Å²) in [7, 11) is 0. The Morgan fingerprint density at radius 1 is 1.20 bits per heavy atom. The molecule has 1 atom stereocenters. The molecule has 0 radical (unpaired) electrons. The average Bonchev–Trinajstić information content (AvgIpc) is 3.47. The highest BCUT2D eigenvalue weighted by Crippen LogP contribution is 2.30. The number of aryl methyl sites for hydroxylation is 2. The number of pyridine rings is 1. The van der Waals surface area contributed by atoms with Gasteiger partial charge in [-0.15, -0.1) is 11.3 Å². The lowest BCUT2D eigenvalue weighted by Crippen LogP contribution is -2.22. The molecule has 4 aromatic rings. The van der Waals surface area contributed by atoms with Crippen LogP contribution < -0.4 is 5.32 Å². The molecule has 1 aliphatic rings. The summed E-state index contributed by atoms with van der Waals surface area (Å²) in [5.74, 6) is 1.60. The molecule has 1 aromatic carbocycles. The molecule has 30 heavy (non-hydrogen) atoms. The average molecular weight is 419 g/mol. The monoisotopic (exact) mass is 418 g/mol. The summed E-state index contributed by atoms with van der Waals surface area (Å²) in [6.45, 7) is 8.17. The van der Waals surface area contributed by atoms with Crippen LogP contribution in [-0.2, 0) is 13.1 Å². The van der Waals surface area contributed by atoms with Crippen molar-refractivity contribution < 1.29 is 0 Å². The number of likely N-dealkylation sites (tertiary alicyclic amines) is 1. The van der Waals surface area contributed by atoms with E-state index < -0.39 is 0 Å². The molecular weight excluding hydrogens is 392 g/mol. The second-order valence-electron chi connectivity index (χ2n) is 7.87. The summed E-state index contributed by atoms with van der Waals surface area (Å²) in [6.07, 6.45) is 2.94. The van der Waals surface area contributed by atoms with Crippen molar-refractivity contribution in [2.24, 2.45) is 0 Å². The van der Waals surface area contributed by atoms with E-state index in [1.54, 1.807) is 11.3 Å². The molecule has 1 N–H and O–H groups in total. The molecule has 0 bridgehead atoms. The molecule has 7 heteroatoms. The summed E-state index contributed by atoms with van der Waals surface area (Å²) in [6, 6.07) is 12.7. The summed E-state index contributed by atoms with van der Waals surface area (Å²) in [5.41, 5.74) is 5.59. The van der Waals surface area contributed by atoms with E-state index in [0.29, 0.717) is 5.92 Å². The van der Waals surface area contributed by atoms with Crippen LogP contribution in [0.4, 0.5) is 10.8 Å². The Morgan fingerprint density at radius 3 is 2.93 bits per heavy atom. The van der Waals surface area contributed by atoms with Gasteiger partial charge in [0, 0.05) is 47.7 Å². The number of para-hydroxylation sites is 2. The standard InChI is InChI=1S/C23H26N6S/c1-3-29-21-7-5-4-6-19(21)27-22(29)15-28-10-8-17(14-28)20-13-18(12-16(2)25-20)26-23-24-9-11-30-23/h4-7,9,11-13,17H,3,8,10,14-15H2,1-2H3,(H,24,25,26)/t17-/m1/s1. The summed E-state index contributed by atoms with van der Waals surface area (Å²) < 4.78 is 2.34. The number of fused-ring (bicyclic) bond motifs is 1. The van der Waals surface area contributed by atoms with Gasteiger partial charge in [-0.2, -0.15) is 0 Å². The van der Waals surface area contributed by atoms with Crippen molar-refractivity contribution in [2.75, 3.05) is 18.4 Å². The molecule has 5 rings (SSSR count). The predicted molar refractivity (Wildman–Crippen MR) is 122 cm³/mol. The fraction of sp³-hybridized carbons (Fsp3) is 0.348.